The van der Waals surface area contributed by atoms with Gasteiger partial charge >= 0.3 is 0 Å². The van der Waals surface area contributed by atoms with E-state index in [1.54, 1.807) is 38.1 Å². The maximum Gasteiger partial charge on any atom is 0.270 e. The van der Waals surface area contributed by atoms with Gasteiger partial charge in [0, 0.05) is 37.0 Å². The number of nitrogens with zero attached hydrogens (tertiary/aromatic N) is 4. The molecular weight excluding hydrogens is 422 g/mol. The number of nitrogens with one attached hydrogen (secondary N) is 1. The number of rotatable bonds is 9. The van der Waals surface area contributed by atoms with Crippen LogP contribution in [0.25, 0.3) is 11.3 Å². The number of nitro benzene ring substituents is 1. The largest absolute Gasteiger partial charge is 0.455 e. The summed E-state index contributed by atoms with van der Waals surface area (Å²) in [5.41, 5.74) is 3.26. The monoisotopic (exact) mass is 443 g/mol. The Morgan fingerprint density at radius 2 is 1.97 bits per heavy atom. The van der Waals surface area contributed by atoms with Gasteiger partial charge in [0.05, 0.1) is 11.1 Å². The third-order valence-corrected chi connectivity index (χ3v) is 6.45. The lowest BCUT2D eigenvalue weighted by Crippen LogP contribution is -2.30. The van der Waals surface area contributed by atoms with E-state index in [4.69, 9.17) is 4.42 Å². The van der Waals surface area contributed by atoms with Crippen molar-refractivity contribution in [3.05, 3.63) is 70.6 Å². The van der Waals surface area contributed by atoms with Crippen LogP contribution in [0.3, 0.4) is 0 Å². The molecule has 0 aliphatic carbocycles. The van der Waals surface area contributed by atoms with Gasteiger partial charge in [0.1, 0.15) is 22.2 Å². The van der Waals surface area contributed by atoms with Gasteiger partial charge in [-0.25, -0.2) is 13.4 Å². The summed E-state index contributed by atoms with van der Waals surface area (Å²) in [4.78, 5) is 14.6. The van der Waals surface area contributed by atoms with E-state index in [0.29, 0.717) is 36.0 Å². The highest BCUT2D eigenvalue weighted by molar-refractivity contribution is 7.89. The number of non-ortho nitro benzene ring substituents is 1. The fourth-order valence-electron chi connectivity index (χ4n) is 2.82. The van der Waals surface area contributed by atoms with E-state index in [2.05, 4.69) is 15.5 Å². The Hall–Kier alpha value is -3.57. The molecule has 162 valence electrons. The average Bonchev–Trinajstić information content (AvgIpc) is 3.24. The molecule has 0 spiro atoms. The highest BCUT2D eigenvalue weighted by Crippen LogP contribution is 2.25. The molecule has 0 aliphatic rings. The van der Waals surface area contributed by atoms with Crippen molar-refractivity contribution < 1.29 is 17.8 Å². The van der Waals surface area contributed by atoms with Crippen LogP contribution in [0, 0.1) is 10.1 Å². The van der Waals surface area contributed by atoms with Gasteiger partial charge in [-0.05, 0) is 24.3 Å². The number of anilines is 1. The smallest absolute Gasteiger partial charge is 0.270 e. The number of benzene rings is 1. The molecule has 0 unspecified atom stereocenters. The Labute approximate surface area is 179 Å². The van der Waals surface area contributed by atoms with Crippen molar-refractivity contribution in [2.75, 3.05) is 18.5 Å². The van der Waals surface area contributed by atoms with Gasteiger partial charge < -0.3 is 4.42 Å². The summed E-state index contributed by atoms with van der Waals surface area (Å²) >= 11 is 0. The van der Waals surface area contributed by atoms with Gasteiger partial charge in [0.15, 0.2) is 0 Å². The van der Waals surface area contributed by atoms with Crippen LogP contribution in [0.5, 0.6) is 0 Å². The Balaban J connectivity index is 1.67. The predicted molar refractivity (Wildman–Crippen MR) is 116 cm³/mol. The van der Waals surface area contributed by atoms with E-state index in [0.717, 1.165) is 0 Å². The maximum atomic E-state index is 12.5. The molecule has 1 aromatic carbocycles. The molecule has 2 heterocycles. The molecule has 0 bridgehead atoms. The van der Waals surface area contributed by atoms with Crippen molar-refractivity contribution in [2.45, 2.75) is 18.7 Å². The molecular formula is C20H21N5O5S. The molecule has 0 aliphatic heterocycles. The molecule has 1 N–H and O–H groups in total. The van der Waals surface area contributed by atoms with Crippen LogP contribution in [0.1, 0.15) is 19.6 Å². The van der Waals surface area contributed by atoms with E-state index in [1.807, 2.05) is 0 Å². The summed E-state index contributed by atoms with van der Waals surface area (Å²) in [6, 6.07) is 12.5. The van der Waals surface area contributed by atoms with E-state index in [1.165, 1.54) is 41.0 Å². The van der Waals surface area contributed by atoms with Gasteiger partial charge in [0.2, 0.25) is 10.0 Å². The van der Waals surface area contributed by atoms with Crippen molar-refractivity contribution in [2.24, 2.45) is 5.10 Å². The lowest BCUT2D eigenvalue weighted by Gasteiger charge is -2.18. The number of nitro groups is 1. The van der Waals surface area contributed by atoms with E-state index >= 15 is 0 Å². The molecule has 10 nitrogen and oxygen atoms in total. The van der Waals surface area contributed by atoms with Crippen molar-refractivity contribution in [3.8, 4) is 11.3 Å². The summed E-state index contributed by atoms with van der Waals surface area (Å²) in [6.07, 6.45) is 2.70. The van der Waals surface area contributed by atoms with E-state index < -0.39 is 14.9 Å². The number of furan rings is 1. The van der Waals surface area contributed by atoms with Gasteiger partial charge in [-0.2, -0.15) is 9.41 Å². The summed E-state index contributed by atoms with van der Waals surface area (Å²) in [7, 11) is -3.57. The molecule has 11 heteroatoms. The van der Waals surface area contributed by atoms with Crippen molar-refractivity contribution in [1.82, 2.24) is 9.29 Å². The number of hydrazone groups is 1. The molecule has 3 aromatic rings. The van der Waals surface area contributed by atoms with Gasteiger partial charge in [-0.15, -0.1) is 0 Å². The molecule has 0 amide bonds. The second-order valence-electron chi connectivity index (χ2n) is 6.35. The SMILES string of the molecule is CCN(CC)S(=O)(=O)c1ccc(N/N=C/c2ccc(-c3cccc([N+](=O)[O-])c3)o2)nc1. The minimum atomic E-state index is -3.57. The fraction of sp³-hybridized carbons (Fsp3) is 0.200. The lowest BCUT2D eigenvalue weighted by atomic mass is 10.1. The normalized spacial score (nSPS) is 11.8. The predicted octanol–water partition coefficient (Wildman–Crippen LogP) is 3.73. The minimum Gasteiger partial charge on any atom is -0.455 e. The zero-order valence-electron chi connectivity index (χ0n) is 16.9. The standard InChI is InChI=1S/C20H21N5O5S/c1-3-24(4-2)31(28,29)18-9-11-20(21-14-18)23-22-13-17-8-10-19(30-17)15-6-5-7-16(12-15)25(26)27/h5-14H,3-4H2,1-2H3,(H,21,23)/b22-13+. The third-order valence-electron chi connectivity index (χ3n) is 4.42. The Morgan fingerprint density at radius 3 is 2.61 bits per heavy atom. The van der Waals surface area contributed by atoms with E-state index in [-0.39, 0.29) is 10.6 Å². The zero-order valence-corrected chi connectivity index (χ0v) is 17.7. The van der Waals surface area contributed by atoms with Crippen molar-refractivity contribution >= 4 is 27.7 Å². The second-order valence-corrected chi connectivity index (χ2v) is 8.29. The number of pyridine rings is 1. The highest BCUT2D eigenvalue weighted by atomic mass is 32.2. The fourth-order valence-corrected chi connectivity index (χ4v) is 4.23. The zero-order chi connectivity index (χ0) is 22.4. The molecule has 3 rings (SSSR count). The quantitative estimate of drug-likeness (QED) is 0.303. The molecule has 0 fully saturated rings. The topological polar surface area (TPSA) is 131 Å². The number of aromatic nitrogens is 1. The van der Waals surface area contributed by atoms with Gasteiger partial charge in [-0.1, -0.05) is 26.0 Å². The molecule has 0 saturated carbocycles. The van der Waals surface area contributed by atoms with Crippen LogP contribution in [0.4, 0.5) is 11.5 Å². The first-order valence-corrected chi connectivity index (χ1v) is 10.9. The third kappa shape index (κ3) is 5.13. The number of sulfonamides is 1. The molecule has 0 radical (unpaired) electrons. The van der Waals surface area contributed by atoms with Crippen LogP contribution in [-0.2, 0) is 10.0 Å². The summed E-state index contributed by atoms with van der Waals surface area (Å²) < 4.78 is 31.9. The molecule has 0 atom stereocenters. The number of hydrogen-bond donors (Lipinski definition) is 1. The van der Waals surface area contributed by atoms with Crippen molar-refractivity contribution in [3.63, 3.8) is 0 Å². The van der Waals surface area contributed by atoms with Crippen LogP contribution in [0.15, 0.2) is 69.1 Å². The first-order chi connectivity index (χ1) is 14.8. The molecule has 31 heavy (non-hydrogen) atoms. The Bertz CT molecular complexity index is 1180. The van der Waals surface area contributed by atoms with Crippen LogP contribution in [-0.4, -0.2) is 41.9 Å². The first-order valence-electron chi connectivity index (χ1n) is 9.45. The van der Waals surface area contributed by atoms with Crippen LogP contribution in [0.2, 0.25) is 0 Å². The van der Waals surface area contributed by atoms with Gasteiger partial charge in [0.25, 0.3) is 5.69 Å². The Morgan fingerprint density at radius 1 is 1.19 bits per heavy atom. The molecule has 0 saturated heterocycles. The summed E-state index contributed by atoms with van der Waals surface area (Å²) in [5.74, 6) is 1.25. The number of hydrogen-bond acceptors (Lipinski definition) is 8. The van der Waals surface area contributed by atoms with Crippen LogP contribution >= 0.6 is 0 Å². The minimum absolute atomic E-state index is 0.0247. The van der Waals surface area contributed by atoms with E-state index in [9.17, 15) is 18.5 Å². The second kappa shape index (κ2) is 9.49. The molecule has 2 aromatic heterocycles. The lowest BCUT2D eigenvalue weighted by molar-refractivity contribution is -0.384. The Kier molecular flexibility index (Phi) is 6.78. The average molecular weight is 443 g/mol. The van der Waals surface area contributed by atoms with Crippen LogP contribution < -0.4 is 5.43 Å². The first kappa shape index (κ1) is 22.1. The van der Waals surface area contributed by atoms with Gasteiger partial charge in [-0.3, -0.25) is 15.5 Å². The summed E-state index contributed by atoms with van der Waals surface area (Å²) in [6.45, 7) is 4.31. The summed E-state index contributed by atoms with van der Waals surface area (Å²) in [5, 5.41) is 14.9. The van der Waals surface area contributed by atoms with Crippen molar-refractivity contribution in [1.29, 1.82) is 0 Å². The maximum absolute atomic E-state index is 12.5. The highest BCUT2D eigenvalue weighted by Gasteiger charge is 2.21.